The molecule has 0 bridgehead atoms. The third kappa shape index (κ3) is 3.50. The lowest BCUT2D eigenvalue weighted by Crippen LogP contribution is -2.17. The van der Waals surface area contributed by atoms with Gasteiger partial charge in [-0.1, -0.05) is 12.1 Å². The molecule has 0 atom stereocenters. The summed E-state index contributed by atoms with van der Waals surface area (Å²) in [5.41, 5.74) is 2.82. The van der Waals surface area contributed by atoms with E-state index in [1.807, 2.05) is 0 Å². The second kappa shape index (κ2) is 6.42. The van der Waals surface area contributed by atoms with Crippen molar-refractivity contribution in [2.75, 3.05) is 7.11 Å². The van der Waals surface area contributed by atoms with Crippen LogP contribution in [-0.2, 0) is 0 Å². The molecule has 6 nitrogen and oxygen atoms in total. The van der Waals surface area contributed by atoms with Crippen LogP contribution in [0.15, 0.2) is 47.6 Å². The first kappa shape index (κ1) is 14.4. The number of hydrazone groups is 1. The highest BCUT2D eigenvalue weighted by Crippen LogP contribution is 2.23. The molecule has 2 aromatic carbocycles. The van der Waals surface area contributed by atoms with Crippen molar-refractivity contribution >= 4 is 12.1 Å². The molecule has 108 valence electrons. The number of phenols is 2. The van der Waals surface area contributed by atoms with Gasteiger partial charge in [0.2, 0.25) is 0 Å². The molecule has 6 heteroatoms. The van der Waals surface area contributed by atoms with Gasteiger partial charge in [0, 0.05) is 11.6 Å². The van der Waals surface area contributed by atoms with Gasteiger partial charge in [-0.3, -0.25) is 4.79 Å². The first-order valence-electron chi connectivity index (χ1n) is 6.10. The van der Waals surface area contributed by atoms with E-state index in [9.17, 15) is 15.0 Å². The molecular weight excluding hydrogens is 272 g/mol. The van der Waals surface area contributed by atoms with Crippen LogP contribution in [-0.4, -0.2) is 29.4 Å². The molecule has 1 amide bonds. The van der Waals surface area contributed by atoms with Crippen molar-refractivity contribution in [3.8, 4) is 17.2 Å². The van der Waals surface area contributed by atoms with E-state index in [2.05, 4.69) is 10.5 Å². The third-order valence-electron chi connectivity index (χ3n) is 2.76. The maximum atomic E-state index is 11.9. The first-order chi connectivity index (χ1) is 10.1. The molecule has 0 aliphatic rings. The number of benzene rings is 2. The molecule has 0 saturated heterocycles. The highest BCUT2D eigenvalue weighted by atomic mass is 16.5. The molecule has 0 saturated carbocycles. The lowest BCUT2D eigenvalue weighted by atomic mass is 10.2. The van der Waals surface area contributed by atoms with Crippen molar-refractivity contribution < 1.29 is 19.7 Å². The van der Waals surface area contributed by atoms with E-state index < -0.39 is 5.91 Å². The molecular formula is C15H14N2O4. The topological polar surface area (TPSA) is 91.2 Å². The molecule has 2 aromatic rings. The largest absolute Gasteiger partial charge is 0.507 e. The number of phenolic OH excluding ortho intramolecular Hbond substituents is 2. The summed E-state index contributed by atoms with van der Waals surface area (Å²) in [7, 11) is 1.46. The van der Waals surface area contributed by atoms with E-state index in [4.69, 9.17) is 4.74 Å². The highest BCUT2D eigenvalue weighted by Gasteiger charge is 2.11. The second-order valence-electron chi connectivity index (χ2n) is 4.14. The Morgan fingerprint density at radius 3 is 2.62 bits per heavy atom. The first-order valence-corrected chi connectivity index (χ1v) is 6.10. The van der Waals surface area contributed by atoms with Gasteiger partial charge in [-0.15, -0.1) is 0 Å². The maximum Gasteiger partial charge on any atom is 0.275 e. The van der Waals surface area contributed by atoms with Crippen LogP contribution in [0, 0.1) is 0 Å². The Kier molecular flexibility index (Phi) is 4.40. The molecule has 3 N–H and O–H groups in total. The lowest BCUT2D eigenvalue weighted by Gasteiger charge is -2.05. The Labute approximate surface area is 121 Å². The van der Waals surface area contributed by atoms with Crippen molar-refractivity contribution in [2.45, 2.75) is 0 Å². The van der Waals surface area contributed by atoms with Gasteiger partial charge < -0.3 is 14.9 Å². The minimum absolute atomic E-state index is 0.0581. The van der Waals surface area contributed by atoms with Crippen LogP contribution in [0.2, 0.25) is 0 Å². The number of amides is 1. The number of nitrogens with one attached hydrogen (secondary N) is 1. The van der Waals surface area contributed by atoms with E-state index in [1.54, 1.807) is 24.3 Å². The Balaban J connectivity index is 2.07. The van der Waals surface area contributed by atoms with Crippen LogP contribution in [0.4, 0.5) is 0 Å². The molecule has 0 unspecified atom stereocenters. The minimum Gasteiger partial charge on any atom is -0.507 e. The average Bonchev–Trinajstić information content (AvgIpc) is 2.48. The Morgan fingerprint density at radius 1 is 1.19 bits per heavy atom. The van der Waals surface area contributed by atoms with Gasteiger partial charge in [0.15, 0.2) is 0 Å². The van der Waals surface area contributed by atoms with Gasteiger partial charge in [0.05, 0.1) is 18.9 Å². The van der Waals surface area contributed by atoms with Gasteiger partial charge in [0.25, 0.3) is 5.91 Å². The van der Waals surface area contributed by atoms with Crippen LogP contribution < -0.4 is 10.2 Å². The number of methoxy groups -OCH3 is 1. The highest BCUT2D eigenvalue weighted by molar-refractivity contribution is 5.97. The van der Waals surface area contributed by atoms with E-state index >= 15 is 0 Å². The number of rotatable bonds is 4. The van der Waals surface area contributed by atoms with Gasteiger partial charge in [0.1, 0.15) is 17.2 Å². The fraction of sp³-hybridized carbons (Fsp3) is 0.0667. The molecule has 0 aliphatic carbocycles. The Morgan fingerprint density at radius 2 is 1.95 bits per heavy atom. The number of ether oxygens (including phenoxy) is 1. The number of aromatic hydroxyl groups is 2. The number of carbonyl (C=O) groups is 1. The van der Waals surface area contributed by atoms with E-state index in [-0.39, 0.29) is 17.1 Å². The summed E-state index contributed by atoms with van der Waals surface area (Å²) in [5.74, 6) is -0.268. The molecule has 0 radical (unpaired) electrons. The molecule has 0 fully saturated rings. The fourth-order valence-electron chi connectivity index (χ4n) is 1.65. The van der Waals surface area contributed by atoms with Gasteiger partial charge >= 0.3 is 0 Å². The van der Waals surface area contributed by atoms with Crippen molar-refractivity contribution in [3.05, 3.63) is 53.6 Å². The fourth-order valence-corrected chi connectivity index (χ4v) is 1.65. The summed E-state index contributed by atoms with van der Waals surface area (Å²) in [4.78, 5) is 11.9. The van der Waals surface area contributed by atoms with Crippen LogP contribution in [0.5, 0.6) is 17.2 Å². The zero-order valence-corrected chi connectivity index (χ0v) is 11.3. The molecule has 21 heavy (non-hydrogen) atoms. The number of hydrogen-bond acceptors (Lipinski definition) is 5. The molecule has 0 aliphatic heterocycles. The number of para-hydroxylation sites is 1. The van der Waals surface area contributed by atoms with Crippen molar-refractivity contribution in [1.82, 2.24) is 5.43 Å². The van der Waals surface area contributed by atoms with E-state index in [1.165, 1.54) is 31.5 Å². The van der Waals surface area contributed by atoms with E-state index in [0.29, 0.717) is 11.3 Å². The smallest absolute Gasteiger partial charge is 0.275 e. The molecule has 2 rings (SSSR count). The quantitative estimate of drug-likeness (QED) is 0.591. The number of carbonyl (C=O) groups excluding carboxylic acids is 1. The summed E-state index contributed by atoms with van der Waals surface area (Å²) < 4.78 is 4.93. The normalized spacial score (nSPS) is 10.5. The number of hydrogen-bond donors (Lipinski definition) is 3. The number of nitrogens with zero attached hydrogens (tertiary/aromatic N) is 1. The average molecular weight is 286 g/mol. The zero-order valence-electron chi connectivity index (χ0n) is 11.3. The third-order valence-corrected chi connectivity index (χ3v) is 2.76. The Bertz CT molecular complexity index is 683. The van der Waals surface area contributed by atoms with Crippen LogP contribution in [0.3, 0.4) is 0 Å². The Hall–Kier alpha value is -3.02. The van der Waals surface area contributed by atoms with Crippen molar-refractivity contribution in [2.24, 2.45) is 5.10 Å². The molecule has 0 spiro atoms. The maximum absolute atomic E-state index is 11.9. The summed E-state index contributed by atoms with van der Waals surface area (Å²) in [5, 5.41) is 23.0. The van der Waals surface area contributed by atoms with Gasteiger partial charge in [-0.05, 0) is 24.3 Å². The summed E-state index contributed by atoms with van der Waals surface area (Å²) >= 11 is 0. The standard InChI is InChI=1S/C15H14N2O4/c1-21-11-6-7-12(14(19)8-11)15(20)17-16-9-10-4-2-3-5-13(10)18/h2-9,18-19H,1H3,(H,17,20)/b16-9-. The molecule has 0 aromatic heterocycles. The predicted octanol–water partition coefficient (Wildman–Crippen LogP) is 1.87. The van der Waals surface area contributed by atoms with Crippen LogP contribution >= 0.6 is 0 Å². The van der Waals surface area contributed by atoms with Crippen molar-refractivity contribution in [3.63, 3.8) is 0 Å². The summed E-state index contributed by atoms with van der Waals surface area (Å²) in [6.45, 7) is 0. The predicted molar refractivity (Wildman–Crippen MR) is 77.8 cm³/mol. The van der Waals surface area contributed by atoms with E-state index in [0.717, 1.165) is 0 Å². The minimum atomic E-state index is -0.568. The van der Waals surface area contributed by atoms with Crippen LogP contribution in [0.1, 0.15) is 15.9 Å². The SMILES string of the molecule is COc1ccc(C(=O)N/N=C\c2ccccc2O)c(O)c1. The van der Waals surface area contributed by atoms with Gasteiger partial charge in [-0.2, -0.15) is 5.10 Å². The summed E-state index contributed by atoms with van der Waals surface area (Å²) in [6.07, 6.45) is 1.31. The van der Waals surface area contributed by atoms with Crippen LogP contribution in [0.25, 0.3) is 0 Å². The second-order valence-corrected chi connectivity index (χ2v) is 4.14. The van der Waals surface area contributed by atoms with Gasteiger partial charge in [-0.25, -0.2) is 5.43 Å². The molecule has 0 heterocycles. The summed E-state index contributed by atoms with van der Waals surface area (Å²) in [6, 6.07) is 10.9. The zero-order chi connectivity index (χ0) is 15.2. The van der Waals surface area contributed by atoms with Crippen molar-refractivity contribution in [1.29, 1.82) is 0 Å². The lowest BCUT2D eigenvalue weighted by molar-refractivity contribution is 0.0952. The monoisotopic (exact) mass is 286 g/mol.